The van der Waals surface area contributed by atoms with Gasteiger partial charge >= 0.3 is 0 Å². The lowest BCUT2D eigenvalue weighted by Crippen LogP contribution is -2.13. The van der Waals surface area contributed by atoms with E-state index in [0.29, 0.717) is 10.0 Å². The minimum absolute atomic E-state index is 0.0110. The van der Waals surface area contributed by atoms with Gasteiger partial charge in [-0.1, -0.05) is 51.1 Å². The Balaban J connectivity index is 1.74. The smallest absolute Gasteiger partial charge is 0.267 e. The van der Waals surface area contributed by atoms with Crippen LogP contribution >= 0.6 is 22.7 Å². The molecule has 0 radical (unpaired) electrons. The Morgan fingerprint density at radius 3 is 2.48 bits per heavy atom. The van der Waals surface area contributed by atoms with Crippen molar-refractivity contribution in [2.75, 3.05) is 5.32 Å². The van der Waals surface area contributed by atoms with Crippen LogP contribution in [-0.4, -0.2) is 10.9 Å². The molecule has 3 rings (SSSR count). The molecule has 0 aliphatic carbocycles. The molecule has 5 heteroatoms. The Bertz CT molecular complexity index is 813. The molecule has 0 atom stereocenters. The first-order valence-corrected chi connectivity index (χ1v) is 9.06. The second-order valence-electron chi connectivity index (χ2n) is 6.27. The molecule has 0 aliphatic rings. The second-order valence-corrected chi connectivity index (χ2v) is 8.21. The number of nitrogens with zero attached hydrogens (tertiary/aromatic N) is 1. The summed E-state index contributed by atoms with van der Waals surface area (Å²) in [7, 11) is 0. The van der Waals surface area contributed by atoms with Crippen molar-refractivity contribution in [3.8, 4) is 10.4 Å². The molecule has 0 saturated heterocycles. The minimum atomic E-state index is -0.105. The van der Waals surface area contributed by atoms with E-state index in [-0.39, 0.29) is 11.3 Å². The van der Waals surface area contributed by atoms with Crippen LogP contribution in [0.15, 0.2) is 47.8 Å². The molecule has 0 saturated carbocycles. The van der Waals surface area contributed by atoms with E-state index in [0.717, 1.165) is 16.1 Å². The van der Waals surface area contributed by atoms with Crippen LogP contribution in [0.1, 0.15) is 36.1 Å². The van der Waals surface area contributed by atoms with E-state index in [1.54, 1.807) is 0 Å². The van der Waals surface area contributed by atoms with Gasteiger partial charge in [0, 0.05) is 15.7 Å². The fourth-order valence-electron chi connectivity index (χ4n) is 2.05. The zero-order chi connectivity index (χ0) is 16.4. The van der Waals surface area contributed by atoms with E-state index in [1.165, 1.54) is 22.7 Å². The van der Waals surface area contributed by atoms with Crippen molar-refractivity contribution in [2.45, 2.75) is 26.2 Å². The maximum atomic E-state index is 12.4. The van der Waals surface area contributed by atoms with Crippen LogP contribution < -0.4 is 5.32 Å². The second kappa shape index (κ2) is 6.26. The van der Waals surface area contributed by atoms with Gasteiger partial charge in [-0.15, -0.1) is 22.7 Å². The zero-order valence-electron chi connectivity index (χ0n) is 13.3. The summed E-state index contributed by atoms with van der Waals surface area (Å²) in [5, 5.41) is 5.54. The third kappa shape index (κ3) is 3.68. The zero-order valence-corrected chi connectivity index (χ0v) is 14.9. The summed E-state index contributed by atoms with van der Waals surface area (Å²) < 4.78 is 0. The summed E-state index contributed by atoms with van der Waals surface area (Å²) in [4.78, 5) is 18.7. The van der Waals surface area contributed by atoms with Crippen LogP contribution in [0, 0.1) is 0 Å². The molecule has 0 spiro atoms. The number of carbonyl (C=O) groups excluding carboxylic acids is 1. The SMILES string of the molecule is CC(C)(C)c1csc(NC(=O)c2ccc(-c3ccccc3)s2)n1. The number of amides is 1. The summed E-state index contributed by atoms with van der Waals surface area (Å²) in [5.74, 6) is -0.105. The predicted molar refractivity (Wildman–Crippen MR) is 98.5 cm³/mol. The fourth-order valence-corrected chi connectivity index (χ4v) is 3.89. The van der Waals surface area contributed by atoms with Crippen molar-refractivity contribution in [3.63, 3.8) is 0 Å². The largest absolute Gasteiger partial charge is 0.297 e. The number of benzene rings is 1. The standard InChI is InChI=1S/C18H18N2OS2/c1-18(2,3)15-11-22-17(19-15)20-16(21)14-10-9-13(23-14)12-7-5-4-6-8-12/h4-11H,1-3H3,(H,19,20,21). The highest BCUT2D eigenvalue weighted by Gasteiger charge is 2.19. The first kappa shape index (κ1) is 15.9. The number of rotatable bonds is 3. The molecule has 23 heavy (non-hydrogen) atoms. The molecule has 0 fully saturated rings. The van der Waals surface area contributed by atoms with Gasteiger partial charge in [0.2, 0.25) is 0 Å². The van der Waals surface area contributed by atoms with Crippen molar-refractivity contribution >= 4 is 33.7 Å². The average molecular weight is 342 g/mol. The van der Waals surface area contributed by atoms with Crippen molar-refractivity contribution in [2.24, 2.45) is 0 Å². The Morgan fingerprint density at radius 2 is 1.83 bits per heavy atom. The van der Waals surface area contributed by atoms with Crippen molar-refractivity contribution < 1.29 is 4.79 Å². The maximum absolute atomic E-state index is 12.4. The number of hydrogen-bond donors (Lipinski definition) is 1. The van der Waals surface area contributed by atoms with Gasteiger partial charge in [-0.05, 0) is 17.7 Å². The Kier molecular flexibility index (Phi) is 4.33. The fraction of sp³-hybridized carbons (Fsp3) is 0.222. The molecule has 3 aromatic rings. The van der Waals surface area contributed by atoms with Gasteiger partial charge in [-0.25, -0.2) is 4.98 Å². The Hall–Kier alpha value is -1.98. The molecular weight excluding hydrogens is 324 g/mol. The minimum Gasteiger partial charge on any atom is -0.297 e. The molecule has 3 nitrogen and oxygen atoms in total. The third-order valence-corrected chi connectivity index (χ3v) is 5.27. The molecule has 1 amide bonds. The molecule has 0 bridgehead atoms. The highest BCUT2D eigenvalue weighted by Crippen LogP contribution is 2.30. The van der Waals surface area contributed by atoms with Gasteiger partial charge in [0.15, 0.2) is 5.13 Å². The Labute approximate surface area is 144 Å². The number of anilines is 1. The van der Waals surface area contributed by atoms with Crippen molar-refractivity contribution in [1.29, 1.82) is 0 Å². The van der Waals surface area contributed by atoms with Crippen molar-refractivity contribution in [3.05, 3.63) is 58.4 Å². The van der Waals surface area contributed by atoms with Gasteiger partial charge in [0.05, 0.1) is 10.6 Å². The van der Waals surface area contributed by atoms with Gasteiger partial charge in [0.25, 0.3) is 5.91 Å². The van der Waals surface area contributed by atoms with Crippen LogP contribution in [0.25, 0.3) is 10.4 Å². The average Bonchev–Trinajstić information content (AvgIpc) is 3.16. The monoisotopic (exact) mass is 342 g/mol. The van der Waals surface area contributed by atoms with Crippen LogP contribution in [0.2, 0.25) is 0 Å². The molecule has 2 aromatic heterocycles. The number of thiophene rings is 1. The van der Waals surface area contributed by atoms with E-state index in [1.807, 2.05) is 47.8 Å². The van der Waals surface area contributed by atoms with E-state index >= 15 is 0 Å². The summed E-state index contributed by atoms with van der Waals surface area (Å²) in [6, 6.07) is 13.9. The van der Waals surface area contributed by atoms with E-state index in [2.05, 4.69) is 31.1 Å². The summed E-state index contributed by atoms with van der Waals surface area (Å²) in [6.45, 7) is 6.33. The first-order chi connectivity index (χ1) is 10.9. The number of carbonyl (C=O) groups is 1. The summed E-state index contributed by atoms with van der Waals surface area (Å²) >= 11 is 2.95. The van der Waals surface area contributed by atoms with Gasteiger partial charge in [-0.3, -0.25) is 10.1 Å². The Morgan fingerprint density at radius 1 is 1.09 bits per heavy atom. The maximum Gasteiger partial charge on any atom is 0.267 e. The van der Waals surface area contributed by atoms with Gasteiger partial charge in [0.1, 0.15) is 0 Å². The summed E-state index contributed by atoms with van der Waals surface area (Å²) in [5.41, 5.74) is 2.11. The topological polar surface area (TPSA) is 42.0 Å². The van der Waals surface area contributed by atoms with Crippen LogP contribution in [-0.2, 0) is 5.41 Å². The van der Waals surface area contributed by atoms with Crippen LogP contribution in [0.5, 0.6) is 0 Å². The first-order valence-electron chi connectivity index (χ1n) is 7.36. The number of nitrogens with one attached hydrogen (secondary N) is 1. The normalized spacial score (nSPS) is 11.4. The lowest BCUT2D eigenvalue weighted by Gasteiger charge is -2.14. The lowest BCUT2D eigenvalue weighted by atomic mass is 9.93. The molecule has 1 N–H and O–H groups in total. The molecule has 2 heterocycles. The molecule has 118 valence electrons. The molecular formula is C18H18N2OS2. The third-order valence-electron chi connectivity index (χ3n) is 3.38. The quantitative estimate of drug-likeness (QED) is 0.690. The van der Waals surface area contributed by atoms with E-state index in [4.69, 9.17) is 0 Å². The lowest BCUT2D eigenvalue weighted by molar-refractivity contribution is 0.103. The number of aromatic nitrogens is 1. The van der Waals surface area contributed by atoms with Gasteiger partial charge in [-0.2, -0.15) is 0 Å². The molecule has 1 aromatic carbocycles. The number of thiazole rings is 1. The van der Waals surface area contributed by atoms with Crippen LogP contribution in [0.3, 0.4) is 0 Å². The van der Waals surface area contributed by atoms with E-state index < -0.39 is 0 Å². The molecule has 0 aliphatic heterocycles. The van der Waals surface area contributed by atoms with Crippen LogP contribution in [0.4, 0.5) is 5.13 Å². The highest BCUT2D eigenvalue weighted by molar-refractivity contribution is 7.17. The predicted octanol–water partition coefficient (Wildman–Crippen LogP) is 5.42. The van der Waals surface area contributed by atoms with E-state index in [9.17, 15) is 4.79 Å². The highest BCUT2D eigenvalue weighted by atomic mass is 32.1. The van der Waals surface area contributed by atoms with Crippen molar-refractivity contribution in [1.82, 2.24) is 4.98 Å². The summed E-state index contributed by atoms with van der Waals surface area (Å²) in [6.07, 6.45) is 0. The molecule has 0 unspecified atom stereocenters. The number of hydrogen-bond acceptors (Lipinski definition) is 4. The van der Waals surface area contributed by atoms with Gasteiger partial charge < -0.3 is 0 Å².